The van der Waals surface area contributed by atoms with Crippen LogP contribution in [-0.4, -0.2) is 13.4 Å². The van der Waals surface area contributed by atoms with E-state index in [-0.39, 0.29) is 24.3 Å². The first-order valence-corrected chi connectivity index (χ1v) is 29.1. The Bertz CT molecular complexity index is 4010. The van der Waals surface area contributed by atoms with Crippen molar-refractivity contribution in [3.8, 4) is 67.5 Å². The summed E-state index contributed by atoms with van der Waals surface area (Å²) >= 11 is 14.5. The van der Waals surface area contributed by atoms with Gasteiger partial charge in [-0.15, -0.1) is 0 Å². The Kier molecular flexibility index (Phi) is 11.6. The van der Waals surface area contributed by atoms with Crippen molar-refractivity contribution < 1.29 is 9.47 Å². The average molecular weight is 1100 g/mol. The van der Waals surface area contributed by atoms with Crippen molar-refractivity contribution in [3.05, 3.63) is 252 Å². The molecular formula is C74H56B2Cl2N2O2. The van der Waals surface area contributed by atoms with Crippen molar-refractivity contribution in [2.75, 3.05) is 9.80 Å². The molecule has 0 atom stereocenters. The van der Waals surface area contributed by atoms with E-state index in [0.717, 1.165) is 146 Å². The molecule has 15 rings (SSSR count). The molecular weight excluding hydrogens is 1040 g/mol. The number of nitrogens with zero attached hydrogens (tertiary/aromatic N) is 2. The van der Waals surface area contributed by atoms with E-state index in [0.29, 0.717) is 10.0 Å². The summed E-state index contributed by atoms with van der Waals surface area (Å²) in [4.78, 5) is 4.96. The van der Waals surface area contributed by atoms with Gasteiger partial charge in [0.25, 0.3) is 13.4 Å². The van der Waals surface area contributed by atoms with Crippen LogP contribution >= 0.6 is 23.2 Å². The lowest BCUT2D eigenvalue weighted by atomic mass is 9.31. The molecule has 0 unspecified atom stereocenters. The second kappa shape index (κ2) is 19.0. The Hall–Kier alpha value is -8.67. The van der Waals surface area contributed by atoms with Crippen LogP contribution in [0.1, 0.15) is 52.7 Å². The lowest BCUT2D eigenvalue weighted by Crippen LogP contribution is -2.63. The van der Waals surface area contributed by atoms with Crippen LogP contribution in [0.4, 0.5) is 34.1 Å². The molecule has 4 heterocycles. The first-order valence-electron chi connectivity index (χ1n) is 28.3. The maximum Gasteiger partial charge on any atom is 0.256 e. The SMILES string of the molecule is CC(C)(C)c1cc2c3c(c1)N(c1c(-c4ccccc4)cccc1-c1ccccc1)c1cc(Cl)ccc1B3c1cc3c(cc1O2)Oc1cc(C(C)(C)C)cc2c1B3c1ccc(Cl)cc1N2c1c(-c2ccccc2)cccc1-c1ccccc1. The second-order valence-corrected chi connectivity index (χ2v) is 25.1. The maximum absolute atomic E-state index is 7.46. The molecule has 0 saturated carbocycles. The number of anilines is 6. The Morgan fingerprint density at radius 2 is 0.659 bits per heavy atom. The Labute approximate surface area is 491 Å². The van der Waals surface area contributed by atoms with Crippen molar-refractivity contribution >= 4 is 104 Å². The van der Waals surface area contributed by atoms with E-state index in [1.165, 1.54) is 0 Å². The molecule has 4 nitrogen and oxygen atoms in total. The summed E-state index contributed by atoms with van der Waals surface area (Å²) in [6.07, 6.45) is 0. The van der Waals surface area contributed by atoms with E-state index < -0.39 is 0 Å². The monoisotopic (exact) mass is 1100 g/mol. The van der Waals surface area contributed by atoms with Gasteiger partial charge in [-0.1, -0.05) is 241 Å². The van der Waals surface area contributed by atoms with Gasteiger partial charge in [-0.3, -0.25) is 0 Å². The fraction of sp³-hybridized carbons (Fsp3) is 0.108. The van der Waals surface area contributed by atoms with Gasteiger partial charge in [-0.05, 0) is 126 Å². The van der Waals surface area contributed by atoms with Gasteiger partial charge in [0, 0.05) is 61.1 Å². The number of fused-ring (bicyclic) bond motifs is 8. The third-order valence-electron chi connectivity index (χ3n) is 17.2. The van der Waals surface area contributed by atoms with Gasteiger partial charge in [0.2, 0.25) is 0 Å². The zero-order chi connectivity index (χ0) is 55.8. The molecule has 0 fully saturated rings. The van der Waals surface area contributed by atoms with Crippen LogP contribution in [0.3, 0.4) is 0 Å². The van der Waals surface area contributed by atoms with E-state index in [2.05, 4.69) is 270 Å². The summed E-state index contributed by atoms with van der Waals surface area (Å²) in [6.45, 7) is 13.2. The van der Waals surface area contributed by atoms with Gasteiger partial charge in [0.1, 0.15) is 23.0 Å². The lowest BCUT2D eigenvalue weighted by Gasteiger charge is -2.44. The minimum absolute atomic E-state index is 0.230. The third kappa shape index (κ3) is 8.05. The number of hydrogen-bond donors (Lipinski definition) is 0. The predicted molar refractivity (Wildman–Crippen MR) is 347 cm³/mol. The van der Waals surface area contributed by atoms with Crippen molar-refractivity contribution in [1.29, 1.82) is 0 Å². The van der Waals surface area contributed by atoms with E-state index in [9.17, 15) is 0 Å². The molecule has 0 aromatic heterocycles. The molecule has 11 aromatic carbocycles. The molecule has 0 N–H and O–H groups in total. The Morgan fingerprint density at radius 1 is 0.317 bits per heavy atom. The fourth-order valence-electron chi connectivity index (χ4n) is 13.2. The minimum Gasteiger partial charge on any atom is -0.458 e. The van der Waals surface area contributed by atoms with Crippen molar-refractivity contribution in [2.45, 2.75) is 52.4 Å². The largest absolute Gasteiger partial charge is 0.458 e. The maximum atomic E-state index is 7.46. The quantitative estimate of drug-likeness (QED) is 0.155. The van der Waals surface area contributed by atoms with Gasteiger partial charge in [0.05, 0.1) is 11.4 Å². The molecule has 8 heteroatoms. The number of rotatable bonds is 6. The minimum atomic E-state index is -0.235. The molecule has 0 radical (unpaired) electrons. The van der Waals surface area contributed by atoms with Gasteiger partial charge in [-0.2, -0.15) is 0 Å². The highest BCUT2D eigenvalue weighted by atomic mass is 35.5. The molecule has 0 amide bonds. The van der Waals surface area contributed by atoms with Crippen LogP contribution in [0.25, 0.3) is 44.5 Å². The highest BCUT2D eigenvalue weighted by Crippen LogP contribution is 2.53. The molecule has 0 aliphatic carbocycles. The topological polar surface area (TPSA) is 24.9 Å². The second-order valence-electron chi connectivity index (χ2n) is 24.3. The number of benzene rings is 11. The van der Waals surface area contributed by atoms with Crippen LogP contribution in [0.2, 0.25) is 10.0 Å². The van der Waals surface area contributed by atoms with Gasteiger partial charge < -0.3 is 19.3 Å². The summed E-state index contributed by atoms with van der Waals surface area (Å²) in [5.41, 5.74) is 23.7. The number of para-hydroxylation sites is 2. The molecule has 82 heavy (non-hydrogen) atoms. The first kappa shape index (κ1) is 50.3. The summed E-state index contributed by atoms with van der Waals surface area (Å²) in [5.74, 6) is 3.20. The first-order chi connectivity index (χ1) is 39.8. The van der Waals surface area contributed by atoms with Gasteiger partial charge in [0.15, 0.2) is 0 Å². The smallest absolute Gasteiger partial charge is 0.256 e. The van der Waals surface area contributed by atoms with E-state index in [1.54, 1.807) is 0 Å². The summed E-state index contributed by atoms with van der Waals surface area (Å²) in [6, 6.07) is 83.2. The molecule has 0 saturated heterocycles. The highest BCUT2D eigenvalue weighted by molar-refractivity contribution is 7.02. The van der Waals surface area contributed by atoms with E-state index in [1.807, 2.05) is 12.1 Å². The molecule has 0 bridgehead atoms. The summed E-state index contributed by atoms with van der Waals surface area (Å²) in [5, 5.41) is 1.32. The van der Waals surface area contributed by atoms with Crippen LogP contribution in [0.5, 0.6) is 23.0 Å². The molecule has 0 spiro atoms. The fourth-order valence-corrected chi connectivity index (χ4v) is 13.6. The Morgan fingerprint density at radius 3 is 0.988 bits per heavy atom. The zero-order valence-electron chi connectivity index (χ0n) is 46.6. The van der Waals surface area contributed by atoms with Crippen molar-refractivity contribution in [2.24, 2.45) is 0 Å². The lowest BCUT2D eigenvalue weighted by molar-refractivity contribution is 0.462. The van der Waals surface area contributed by atoms with Crippen LogP contribution < -0.4 is 52.1 Å². The Balaban J connectivity index is 0.989. The van der Waals surface area contributed by atoms with E-state index in [4.69, 9.17) is 32.7 Å². The molecule has 11 aromatic rings. The highest BCUT2D eigenvalue weighted by Gasteiger charge is 2.48. The van der Waals surface area contributed by atoms with Crippen LogP contribution in [-0.2, 0) is 10.8 Å². The molecule has 4 aliphatic heterocycles. The van der Waals surface area contributed by atoms with Gasteiger partial charge in [-0.25, -0.2) is 0 Å². The number of ether oxygens (including phenoxy) is 2. The predicted octanol–water partition coefficient (Wildman–Crippen LogP) is 17.1. The zero-order valence-corrected chi connectivity index (χ0v) is 48.1. The molecule has 394 valence electrons. The summed E-state index contributed by atoms with van der Waals surface area (Å²) < 4.78 is 14.9. The van der Waals surface area contributed by atoms with Crippen LogP contribution in [0.15, 0.2) is 231 Å². The third-order valence-corrected chi connectivity index (χ3v) is 17.7. The standard InChI is InChI=1S/C74H56B2Cl2N2O2/c1-73(2,3)49-37-63-69-67(39-49)81-65-44-66-60(43-59(65)75(69)57-35-33-51(77)41-61(57)79(63)71-53(45-21-11-7-12-22-45)29-19-30-54(71)46-23-13-8-14-24-46)76-58-36-34-52(78)42-62(58)80(64-38-50(74(4,5)6)40-68(82-66)70(64)76)72-55(47-25-15-9-16-26-47)31-20-32-56(72)48-27-17-10-18-28-48/h7-44H,1-6H3. The van der Waals surface area contributed by atoms with E-state index >= 15 is 0 Å². The van der Waals surface area contributed by atoms with Crippen LogP contribution in [0, 0.1) is 0 Å². The number of halogens is 2. The van der Waals surface area contributed by atoms with Gasteiger partial charge >= 0.3 is 0 Å². The summed E-state index contributed by atoms with van der Waals surface area (Å²) in [7, 11) is 0. The average Bonchev–Trinajstić information content (AvgIpc) is 0.887. The number of hydrogen-bond acceptors (Lipinski definition) is 4. The normalized spacial score (nSPS) is 13.5. The van der Waals surface area contributed by atoms with Crippen molar-refractivity contribution in [3.63, 3.8) is 0 Å². The van der Waals surface area contributed by atoms with Crippen molar-refractivity contribution in [1.82, 2.24) is 0 Å². The molecule has 4 aliphatic rings.